The molecule has 84 valence electrons. The van der Waals surface area contributed by atoms with Gasteiger partial charge >= 0.3 is 0 Å². The molecule has 4 nitrogen and oxygen atoms in total. The van der Waals surface area contributed by atoms with Crippen molar-refractivity contribution in [2.24, 2.45) is 0 Å². The average molecular weight is 210 g/mol. The summed E-state index contributed by atoms with van der Waals surface area (Å²) in [6, 6.07) is 0.575. The molecule has 2 saturated heterocycles. The first-order chi connectivity index (χ1) is 7.31. The molecule has 0 spiro atoms. The summed E-state index contributed by atoms with van der Waals surface area (Å²) in [7, 11) is 0. The maximum atomic E-state index is 11.4. The molecule has 0 N–H and O–H groups in total. The van der Waals surface area contributed by atoms with E-state index in [9.17, 15) is 4.79 Å². The summed E-state index contributed by atoms with van der Waals surface area (Å²) in [5.74, 6) is 0.0531. The zero-order valence-corrected chi connectivity index (χ0v) is 9.02. The van der Waals surface area contributed by atoms with Gasteiger partial charge in [0.2, 0.25) is 5.91 Å². The van der Waals surface area contributed by atoms with Gasteiger partial charge in [-0.05, 0) is 12.5 Å². The first kappa shape index (κ1) is 10.6. The van der Waals surface area contributed by atoms with E-state index in [2.05, 4.69) is 11.5 Å². The third kappa shape index (κ3) is 2.38. The van der Waals surface area contributed by atoms with Crippen molar-refractivity contribution < 1.29 is 9.53 Å². The molecular formula is C11H18N2O2. The molecule has 2 aliphatic rings. The van der Waals surface area contributed by atoms with Crippen molar-refractivity contribution in [3.05, 3.63) is 12.7 Å². The number of rotatable bonds is 2. The van der Waals surface area contributed by atoms with Crippen LogP contribution in [0.5, 0.6) is 0 Å². The Kier molecular flexibility index (Phi) is 3.38. The fourth-order valence-electron chi connectivity index (χ4n) is 2.25. The predicted molar refractivity (Wildman–Crippen MR) is 57.6 cm³/mol. The number of carbonyl (C=O) groups excluding carboxylic acids is 1. The van der Waals surface area contributed by atoms with Crippen molar-refractivity contribution in [3.63, 3.8) is 0 Å². The molecule has 2 aliphatic heterocycles. The van der Waals surface area contributed by atoms with E-state index in [4.69, 9.17) is 4.74 Å². The van der Waals surface area contributed by atoms with Crippen LogP contribution in [0.15, 0.2) is 12.7 Å². The molecule has 0 bridgehead atoms. The predicted octanol–water partition coefficient (Wildman–Crippen LogP) is 0.105. The average Bonchev–Trinajstić information content (AvgIpc) is 2.82. The van der Waals surface area contributed by atoms with E-state index in [-0.39, 0.29) is 5.91 Å². The molecular weight excluding hydrogens is 192 g/mol. The molecule has 0 aliphatic carbocycles. The quantitative estimate of drug-likeness (QED) is 0.606. The van der Waals surface area contributed by atoms with Gasteiger partial charge in [0.1, 0.15) is 0 Å². The lowest BCUT2D eigenvalue weighted by Crippen LogP contribution is -2.51. The topological polar surface area (TPSA) is 32.8 Å². The van der Waals surface area contributed by atoms with Crippen molar-refractivity contribution in [3.8, 4) is 0 Å². The van der Waals surface area contributed by atoms with Crippen LogP contribution in [0.1, 0.15) is 6.42 Å². The van der Waals surface area contributed by atoms with E-state index in [1.807, 2.05) is 4.90 Å². The molecule has 0 aromatic heterocycles. The minimum atomic E-state index is 0.0531. The Morgan fingerprint density at radius 3 is 2.60 bits per heavy atom. The van der Waals surface area contributed by atoms with Gasteiger partial charge in [-0.3, -0.25) is 9.69 Å². The van der Waals surface area contributed by atoms with Crippen molar-refractivity contribution in [1.82, 2.24) is 9.80 Å². The number of hydrogen-bond acceptors (Lipinski definition) is 3. The summed E-state index contributed by atoms with van der Waals surface area (Å²) in [4.78, 5) is 15.7. The first-order valence-electron chi connectivity index (χ1n) is 5.54. The number of piperazine rings is 1. The maximum absolute atomic E-state index is 11.4. The van der Waals surface area contributed by atoms with Gasteiger partial charge in [-0.2, -0.15) is 0 Å². The van der Waals surface area contributed by atoms with E-state index < -0.39 is 0 Å². The molecule has 2 fully saturated rings. The summed E-state index contributed by atoms with van der Waals surface area (Å²) in [6.07, 6.45) is 2.53. The zero-order valence-electron chi connectivity index (χ0n) is 9.02. The van der Waals surface area contributed by atoms with Crippen LogP contribution in [0.4, 0.5) is 0 Å². The van der Waals surface area contributed by atoms with Crippen LogP contribution in [0, 0.1) is 0 Å². The van der Waals surface area contributed by atoms with Crippen LogP contribution in [0.3, 0.4) is 0 Å². The smallest absolute Gasteiger partial charge is 0.246 e. The highest BCUT2D eigenvalue weighted by Crippen LogP contribution is 2.14. The van der Waals surface area contributed by atoms with Crippen LogP contribution >= 0.6 is 0 Å². The summed E-state index contributed by atoms with van der Waals surface area (Å²) >= 11 is 0. The van der Waals surface area contributed by atoms with E-state index in [1.165, 1.54) is 6.08 Å². The van der Waals surface area contributed by atoms with Gasteiger partial charge in [0.05, 0.1) is 6.61 Å². The number of carbonyl (C=O) groups is 1. The van der Waals surface area contributed by atoms with E-state index >= 15 is 0 Å². The lowest BCUT2D eigenvalue weighted by atomic mass is 10.2. The normalized spacial score (nSPS) is 28.0. The van der Waals surface area contributed by atoms with Crippen LogP contribution in [0.2, 0.25) is 0 Å². The Morgan fingerprint density at radius 1 is 1.33 bits per heavy atom. The van der Waals surface area contributed by atoms with E-state index in [0.717, 1.165) is 45.8 Å². The van der Waals surface area contributed by atoms with Gasteiger partial charge in [-0.1, -0.05) is 6.58 Å². The SMILES string of the molecule is C=CC(=O)N1CCN(C2CCOC2)CC1. The number of hydrogen-bond donors (Lipinski definition) is 0. The van der Waals surface area contributed by atoms with Crippen LogP contribution < -0.4 is 0 Å². The molecule has 2 rings (SSSR count). The second-order valence-corrected chi connectivity index (χ2v) is 4.08. The van der Waals surface area contributed by atoms with Gasteiger partial charge in [0, 0.05) is 38.8 Å². The highest BCUT2D eigenvalue weighted by Gasteiger charge is 2.27. The first-order valence-corrected chi connectivity index (χ1v) is 5.54. The fraction of sp³-hybridized carbons (Fsp3) is 0.727. The second kappa shape index (κ2) is 4.77. The van der Waals surface area contributed by atoms with Gasteiger partial charge in [-0.15, -0.1) is 0 Å². The van der Waals surface area contributed by atoms with Gasteiger partial charge in [0.25, 0.3) is 0 Å². The minimum Gasteiger partial charge on any atom is -0.380 e. The summed E-state index contributed by atoms with van der Waals surface area (Å²) in [5.41, 5.74) is 0. The van der Waals surface area contributed by atoms with Crippen molar-refractivity contribution in [1.29, 1.82) is 0 Å². The van der Waals surface area contributed by atoms with Gasteiger partial charge < -0.3 is 9.64 Å². The third-order valence-corrected chi connectivity index (χ3v) is 3.22. The molecule has 15 heavy (non-hydrogen) atoms. The second-order valence-electron chi connectivity index (χ2n) is 4.08. The fourth-order valence-corrected chi connectivity index (χ4v) is 2.25. The monoisotopic (exact) mass is 210 g/mol. The Balaban J connectivity index is 1.81. The Bertz CT molecular complexity index is 241. The van der Waals surface area contributed by atoms with Crippen molar-refractivity contribution in [2.45, 2.75) is 12.5 Å². The van der Waals surface area contributed by atoms with Crippen LogP contribution in [0.25, 0.3) is 0 Å². The van der Waals surface area contributed by atoms with Crippen molar-refractivity contribution >= 4 is 5.91 Å². The van der Waals surface area contributed by atoms with Crippen LogP contribution in [-0.2, 0) is 9.53 Å². The molecule has 1 amide bonds. The molecule has 1 unspecified atom stereocenters. The third-order valence-electron chi connectivity index (χ3n) is 3.22. The molecule has 0 aromatic carbocycles. The maximum Gasteiger partial charge on any atom is 0.246 e. The van der Waals surface area contributed by atoms with Gasteiger partial charge in [0.15, 0.2) is 0 Å². The number of nitrogens with zero attached hydrogens (tertiary/aromatic N) is 2. The molecule has 0 radical (unpaired) electrons. The standard InChI is InChI=1S/C11H18N2O2/c1-2-11(14)13-6-4-12(5-7-13)10-3-8-15-9-10/h2,10H,1,3-9H2. The summed E-state index contributed by atoms with van der Waals surface area (Å²) in [5, 5.41) is 0. The van der Waals surface area contributed by atoms with Crippen LogP contribution in [-0.4, -0.2) is 61.1 Å². The molecule has 4 heteroatoms. The Morgan fingerprint density at radius 2 is 2.07 bits per heavy atom. The molecule has 0 aromatic rings. The Hall–Kier alpha value is -0.870. The Labute approximate surface area is 90.5 Å². The lowest BCUT2D eigenvalue weighted by molar-refractivity contribution is -0.128. The molecule has 1 atom stereocenters. The summed E-state index contributed by atoms with van der Waals surface area (Å²) < 4.78 is 5.37. The zero-order chi connectivity index (χ0) is 10.7. The van der Waals surface area contributed by atoms with Crippen molar-refractivity contribution in [2.75, 3.05) is 39.4 Å². The lowest BCUT2D eigenvalue weighted by Gasteiger charge is -2.37. The minimum absolute atomic E-state index is 0.0531. The van der Waals surface area contributed by atoms with Gasteiger partial charge in [-0.25, -0.2) is 0 Å². The highest BCUT2D eigenvalue weighted by atomic mass is 16.5. The molecule has 0 saturated carbocycles. The number of amides is 1. The largest absolute Gasteiger partial charge is 0.380 e. The highest BCUT2D eigenvalue weighted by molar-refractivity contribution is 5.87. The molecule has 2 heterocycles. The summed E-state index contributed by atoms with van der Waals surface area (Å²) in [6.45, 7) is 8.82. The van der Waals surface area contributed by atoms with E-state index in [1.54, 1.807) is 0 Å². The van der Waals surface area contributed by atoms with E-state index in [0.29, 0.717) is 6.04 Å². The number of ether oxygens (including phenoxy) is 1.